The van der Waals surface area contributed by atoms with Crippen molar-refractivity contribution in [3.63, 3.8) is 0 Å². The van der Waals surface area contributed by atoms with Crippen LogP contribution in [0.25, 0.3) is 10.7 Å². The van der Waals surface area contributed by atoms with E-state index in [1.807, 2.05) is 23.6 Å². The summed E-state index contributed by atoms with van der Waals surface area (Å²) in [6.45, 7) is 1.47. The summed E-state index contributed by atoms with van der Waals surface area (Å²) in [5.74, 6) is 1.05. The van der Waals surface area contributed by atoms with E-state index in [1.54, 1.807) is 23.5 Å². The number of aromatic nitrogens is 3. The van der Waals surface area contributed by atoms with Crippen LogP contribution in [-0.4, -0.2) is 44.9 Å². The number of Topliss-reactive ketones (excluding diaryl/α,β-unsaturated/α-hetero) is 1. The number of nitrogens with one attached hydrogen (secondary N) is 1. The van der Waals surface area contributed by atoms with E-state index < -0.39 is 0 Å². The van der Waals surface area contributed by atoms with Crippen molar-refractivity contribution in [3.8, 4) is 10.7 Å². The summed E-state index contributed by atoms with van der Waals surface area (Å²) in [6.07, 6.45) is 2.56. The van der Waals surface area contributed by atoms with Gasteiger partial charge in [-0.1, -0.05) is 17.8 Å². The number of ether oxygens (including phenoxy) is 1. The second-order valence-corrected chi connectivity index (χ2v) is 9.23. The predicted octanol–water partition coefficient (Wildman–Crippen LogP) is 3.66. The molecule has 0 aliphatic carbocycles. The van der Waals surface area contributed by atoms with E-state index in [2.05, 4.69) is 20.1 Å². The summed E-state index contributed by atoms with van der Waals surface area (Å²) in [5.41, 5.74) is 2.28. The minimum atomic E-state index is -0.0349. The molecule has 5 rings (SSSR count). The molecule has 0 unspecified atom stereocenters. The summed E-state index contributed by atoms with van der Waals surface area (Å²) >= 11 is 3.01. The zero-order chi connectivity index (χ0) is 20.5. The molecule has 1 N–H and O–H groups in total. The molecule has 0 radical (unpaired) electrons. The molecular formula is C21H20N4O3S2. The Morgan fingerprint density at radius 3 is 3.07 bits per heavy atom. The second kappa shape index (κ2) is 8.33. The van der Waals surface area contributed by atoms with Gasteiger partial charge in [0.15, 0.2) is 16.8 Å². The molecule has 2 aliphatic heterocycles. The quantitative estimate of drug-likeness (QED) is 0.446. The van der Waals surface area contributed by atoms with Gasteiger partial charge in [-0.2, -0.15) is 0 Å². The fraction of sp³-hybridized carbons (Fsp3) is 0.333. The Kier molecular flexibility index (Phi) is 5.41. The van der Waals surface area contributed by atoms with Gasteiger partial charge in [0.25, 0.3) is 0 Å². The van der Waals surface area contributed by atoms with Crippen LogP contribution < -0.4 is 5.32 Å². The normalized spacial score (nSPS) is 17.9. The monoisotopic (exact) mass is 440 g/mol. The Morgan fingerprint density at radius 2 is 2.27 bits per heavy atom. The van der Waals surface area contributed by atoms with E-state index in [9.17, 15) is 9.59 Å². The zero-order valence-corrected chi connectivity index (χ0v) is 17.8. The molecule has 0 bridgehead atoms. The third kappa shape index (κ3) is 3.92. The van der Waals surface area contributed by atoms with Crippen LogP contribution in [0, 0.1) is 0 Å². The molecule has 1 saturated heterocycles. The average Bonchev–Trinajstić information content (AvgIpc) is 3.52. The van der Waals surface area contributed by atoms with Gasteiger partial charge in [0.2, 0.25) is 5.91 Å². The molecule has 0 spiro atoms. The highest BCUT2D eigenvalue weighted by molar-refractivity contribution is 7.99. The molecule has 1 amide bonds. The maximum absolute atomic E-state index is 12.8. The molecule has 1 fully saturated rings. The van der Waals surface area contributed by atoms with E-state index in [0.29, 0.717) is 18.5 Å². The molecule has 154 valence electrons. The van der Waals surface area contributed by atoms with Crippen LogP contribution in [0.5, 0.6) is 0 Å². The minimum absolute atomic E-state index is 0.00601. The lowest BCUT2D eigenvalue weighted by Gasteiger charge is -2.14. The molecule has 9 heteroatoms. The molecular weight excluding hydrogens is 420 g/mol. The Balaban J connectivity index is 1.34. The summed E-state index contributed by atoms with van der Waals surface area (Å²) in [5, 5.41) is 14.3. The minimum Gasteiger partial charge on any atom is -0.376 e. The molecule has 4 heterocycles. The van der Waals surface area contributed by atoms with Gasteiger partial charge in [-0.25, -0.2) is 0 Å². The van der Waals surface area contributed by atoms with Crippen molar-refractivity contribution in [2.24, 2.45) is 0 Å². The van der Waals surface area contributed by atoms with Crippen molar-refractivity contribution in [1.82, 2.24) is 14.8 Å². The lowest BCUT2D eigenvalue weighted by molar-refractivity contribution is -0.115. The number of anilines is 1. The lowest BCUT2D eigenvalue weighted by atomic mass is 10.1. The molecule has 30 heavy (non-hydrogen) atoms. The topological polar surface area (TPSA) is 86.1 Å². The van der Waals surface area contributed by atoms with Gasteiger partial charge >= 0.3 is 0 Å². The van der Waals surface area contributed by atoms with Gasteiger partial charge in [0.05, 0.1) is 29.7 Å². The Morgan fingerprint density at radius 1 is 1.33 bits per heavy atom. The number of carbonyl (C=O) groups is 2. The first-order valence-electron chi connectivity index (χ1n) is 9.85. The maximum atomic E-state index is 12.8. The van der Waals surface area contributed by atoms with Crippen molar-refractivity contribution in [2.45, 2.75) is 37.1 Å². The van der Waals surface area contributed by atoms with Crippen LogP contribution in [0.4, 0.5) is 5.69 Å². The highest BCUT2D eigenvalue weighted by Gasteiger charge is 2.23. The SMILES string of the molecule is O=C1Cc2cc(C(=O)CSc3nnc(-c4cccs4)n3C[C@@H]3CCCO3)ccc2N1. The summed E-state index contributed by atoms with van der Waals surface area (Å²) in [4.78, 5) is 25.4. The lowest BCUT2D eigenvalue weighted by Crippen LogP contribution is -2.17. The molecule has 1 aromatic carbocycles. The highest BCUT2D eigenvalue weighted by Crippen LogP contribution is 2.30. The standard InChI is InChI=1S/C21H20N4O3S2/c26-17(13-5-6-16-14(9-13)10-19(27)22-16)12-30-21-24-23-20(18-4-2-8-29-18)25(21)11-15-3-1-7-28-15/h2,4-6,8-9,15H,1,3,7,10-12H2,(H,22,27)/t15-/m0/s1. The third-order valence-electron chi connectivity index (χ3n) is 5.25. The second-order valence-electron chi connectivity index (χ2n) is 7.34. The number of hydrogen-bond donors (Lipinski definition) is 1. The number of fused-ring (bicyclic) bond motifs is 1. The molecule has 1 atom stereocenters. The molecule has 3 aromatic rings. The average molecular weight is 441 g/mol. The number of thiophene rings is 1. The number of carbonyl (C=O) groups excluding carboxylic acids is 2. The summed E-state index contributed by atoms with van der Waals surface area (Å²) < 4.78 is 7.89. The van der Waals surface area contributed by atoms with Gasteiger partial charge in [-0.05, 0) is 48.1 Å². The predicted molar refractivity (Wildman–Crippen MR) is 116 cm³/mol. The van der Waals surface area contributed by atoms with E-state index in [1.165, 1.54) is 11.8 Å². The van der Waals surface area contributed by atoms with Crippen LogP contribution in [0.15, 0.2) is 40.9 Å². The fourth-order valence-electron chi connectivity index (χ4n) is 3.76. The summed E-state index contributed by atoms with van der Waals surface area (Å²) in [6, 6.07) is 9.40. The largest absolute Gasteiger partial charge is 0.376 e. The molecule has 2 aromatic heterocycles. The van der Waals surface area contributed by atoms with Crippen LogP contribution in [0.3, 0.4) is 0 Å². The van der Waals surface area contributed by atoms with Gasteiger partial charge in [0, 0.05) is 17.9 Å². The number of thioether (sulfide) groups is 1. The number of amides is 1. The van der Waals surface area contributed by atoms with Crippen molar-refractivity contribution in [1.29, 1.82) is 0 Å². The number of ketones is 1. The van der Waals surface area contributed by atoms with Crippen molar-refractivity contribution < 1.29 is 14.3 Å². The first kappa shape index (κ1) is 19.5. The van der Waals surface area contributed by atoms with E-state index >= 15 is 0 Å². The Labute approximate surface area is 181 Å². The van der Waals surface area contributed by atoms with E-state index in [0.717, 1.165) is 46.6 Å². The van der Waals surface area contributed by atoms with Gasteiger partial charge in [-0.3, -0.25) is 14.2 Å². The van der Waals surface area contributed by atoms with E-state index in [4.69, 9.17) is 4.74 Å². The summed E-state index contributed by atoms with van der Waals surface area (Å²) in [7, 11) is 0. The Bertz CT molecular complexity index is 1090. The van der Waals surface area contributed by atoms with Gasteiger partial charge < -0.3 is 10.1 Å². The van der Waals surface area contributed by atoms with Crippen LogP contribution in [0.1, 0.15) is 28.8 Å². The van der Waals surface area contributed by atoms with Gasteiger partial charge in [-0.15, -0.1) is 21.5 Å². The van der Waals surface area contributed by atoms with Crippen molar-refractivity contribution in [2.75, 3.05) is 17.7 Å². The number of benzene rings is 1. The molecule has 7 nitrogen and oxygen atoms in total. The smallest absolute Gasteiger partial charge is 0.228 e. The van der Waals surface area contributed by atoms with Gasteiger partial charge in [0.1, 0.15) is 0 Å². The van der Waals surface area contributed by atoms with Crippen molar-refractivity contribution >= 4 is 40.5 Å². The first-order chi connectivity index (χ1) is 14.7. The van der Waals surface area contributed by atoms with Crippen molar-refractivity contribution in [3.05, 3.63) is 46.8 Å². The first-order valence-corrected chi connectivity index (χ1v) is 11.7. The Hall–Kier alpha value is -2.49. The van der Waals surface area contributed by atoms with Crippen LogP contribution in [0.2, 0.25) is 0 Å². The van der Waals surface area contributed by atoms with Crippen LogP contribution >= 0.6 is 23.1 Å². The fourth-order valence-corrected chi connectivity index (χ4v) is 5.32. The number of hydrogen-bond acceptors (Lipinski definition) is 7. The molecule has 2 aliphatic rings. The zero-order valence-electron chi connectivity index (χ0n) is 16.2. The maximum Gasteiger partial charge on any atom is 0.228 e. The molecule has 0 saturated carbocycles. The van der Waals surface area contributed by atoms with Crippen LogP contribution in [-0.2, 0) is 22.5 Å². The third-order valence-corrected chi connectivity index (χ3v) is 7.09. The highest BCUT2D eigenvalue weighted by atomic mass is 32.2. The number of nitrogens with zero attached hydrogens (tertiary/aromatic N) is 3. The number of rotatable bonds is 7. The van der Waals surface area contributed by atoms with E-state index in [-0.39, 0.29) is 23.5 Å².